The van der Waals surface area contributed by atoms with Crippen molar-refractivity contribution in [3.8, 4) is 45.0 Å². The third-order valence-corrected chi connectivity index (χ3v) is 27.9. The van der Waals surface area contributed by atoms with Crippen LogP contribution < -0.4 is 0 Å². The molecule has 144 heavy (non-hydrogen) atoms. The van der Waals surface area contributed by atoms with Crippen molar-refractivity contribution < 1.29 is 70.9 Å². The summed E-state index contributed by atoms with van der Waals surface area (Å²) in [5.41, 5.74) is 11.6. The first-order valence-corrected chi connectivity index (χ1v) is 49.6. The Balaban J connectivity index is 0.000000138. The van der Waals surface area contributed by atoms with Crippen LogP contribution in [0.15, 0.2) is 171 Å². The maximum atomic E-state index is 13.6. The normalized spacial score (nSPS) is 17.7. The number of piperazine rings is 4. The molecule has 19 rings (SSSR count). The third-order valence-electron chi connectivity index (χ3n) is 27.9. The van der Waals surface area contributed by atoms with Crippen molar-refractivity contribution in [2.45, 2.75) is 202 Å². The van der Waals surface area contributed by atoms with Crippen LogP contribution >= 0.6 is 0 Å². The summed E-state index contributed by atoms with van der Waals surface area (Å²) in [5.74, 6) is -1.97. The number of hydrogen-bond acceptors (Lipinski definition) is 20. The van der Waals surface area contributed by atoms with Crippen molar-refractivity contribution in [2.75, 3.05) is 91.8 Å². The highest BCUT2D eigenvalue weighted by molar-refractivity contribution is 5.97. The lowest BCUT2D eigenvalue weighted by Gasteiger charge is -2.49. The summed E-state index contributed by atoms with van der Waals surface area (Å²) in [6, 6.07) is 35.9. The minimum Gasteiger partial charge on any atom is -0.383 e. The highest BCUT2D eigenvalue weighted by Gasteiger charge is 2.49. The monoisotopic (exact) mass is 1970 g/mol. The lowest BCUT2D eigenvalue weighted by atomic mass is 9.78. The highest BCUT2D eigenvalue weighted by atomic mass is 19.1. The summed E-state index contributed by atoms with van der Waals surface area (Å²) in [4.78, 5) is 142. The molecule has 2 N–H and O–H groups in total. The van der Waals surface area contributed by atoms with Crippen molar-refractivity contribution in [3.05, 3.63) is 245 Å². The van der Waals surface area contributed by atoms with Crippen LogP contribution in [0.3, 0.4) is 0 Å². The number of pyridine rings is 1. The van der Waals surface area contributed by atoms with E-state index >= 15 is 0 Å². The fourth-order valence-electron chi connectivity index (χ4n) is 19.7. The van der Waals surface area contributed by atoms with E-state index in [4.69, 9.17) is 4.74 Å². The van der Waals surface area contributed by atoms with Gasteiger partial charge in [-0.25, -0.2) is 55.6 Å². The predicted octanol–water partition coefficient (Wildman–Crippen LogP) is 14.0. The van der Waals surface area contributed by atoms with E-state index in [1.54, 1.807) is 133 Å². The number of amides is 8. The Morgan fingerprint density at radius 1 is 0.444 bits per heavy atom. The molecule has 3 atom stereocenters. The second-order valence-electron chi connectivity index (χ2n) is 40.6. The predicted molar refractivity (Wildman–Crippen MR) is 534 cm³/mol. The summed E-state index contributed by atoms with van der Waals surface area (Å²) in [6.07, 6.45) is 16.6. The van der Waals surface area contributed by atoms with Crippen molar-refractivity contribution >= 4 is 69.8 Å². The Kier molecular flexibility index (Phi) is 30.8. The number of aliphatic hydroxyl groups is 2. The van der Waals surface area contributed by atoms with Crippen LogP contribution in [0.5, 0.6) is 0 Å². The van der Waals surface area contributed by atoms with Crippen LogP contribution in [0.25, 0.3) is 67.6 Å². The minimum atomic E-state index is -1.24. The van der Waals surface area contributed by atoms with Gasteiger partial charge >= 0.3 is 0 Å². The van der Waals surface area contributed by atoms with Gasteiger partial charge in [-0.2, -0.15) is 20.4 Å². The van der Waals surface area contributed by atoms with E-state index < -0.39 is 22.8 Å². The Hall–Kier alpha value is -14.1. The van der Waals surface area contributed by atoms with E-state index in [0.717, 1.165) is 89.0 Å². The van der Waals surface area contributed by atoms with Crippen LogP contribution in [-0.4, -0.2) is 287 Å². The Morgan fingerprint density at radius 3 is 1.10 bits per heavy atom. The number of carbonyl (C=O) groups excluding carboxylic acids is 8. The van der Waals surface area contributed by atoms with Gasteiger partial charge in [0, 0.05) is 145 Å². The van der Waals surface area contributed by atoms with Crippen molar-refractivity contribution in [1.82, 2.24) is 103 Å². The third kappa shape index (κ3) is 23.0. The summed E-state index contributed by atoms with van der Waals surface area (Å²) in [7, 11) is 0. The largest absolute Gasteiger partial charge is 0.383 e. The number of ether oxygens (including phenoxy) is 1. The Labute approximate surface area is 833 Å². The maximum Gasteiger partial charge on any atom is 0.274 e. The molecule has 756 valence electrons. The highest BCUT2D eigenvalue weighted by Crippen LogP contribution is 2.38. The fraction of sp³-hybridized carbons (Fsp3) is 0.435. The second kappa shape index (κ2) is 43.2. The number of fused-ring (bicyclic) bond motifs is 4. The fourth-order valence-corrected chi connectivity index (χ4v) is 19.7. The smallest absolute Gasteiger partial charge is 0.274 e. The van der Waals surface area contributed by atoms with Gasteiger partial charge in [0.1, 0.15) is 57.7 Å². The molecule has 1 aliphatic carbocycles. The average Bonchev–Trinajstić information content (AvgIpc) is 1.53. The molecule has 8 amide bonds. The van der Waals surface area contributed by atoms with Crippen molar-refractivity contribution in [1.29, 1.82) is 0 Å². The molecule has 1 saturated carbocycles. The molecule has 4 aromatic carbocycles. The van der Waals surface area contributed by atoms with E-state index in [2.05, 4.69) is 45.3 Å². The summed E-state index contributed by atoms with van der Waals surface area (Å²) >= 11 is 0. The molecule has 5 saturated heterocycles. The molecule has 6 aliphatic rings. The van der Waals surface area contributed by atoms with Crippen molar-refractivity contribution in [2.24, 2.45) is 11.3 Å². The van der Waals surface area contributed by atoms with E-state index in [1.165, 1.54) is 48.5 Å². The van der Waals surface area contributed by atoms with E-state index in [1.807, 2.05) is 136 Å². The van der Waals surface area contributed by atoms with Gasteiger partial charge in [-0.3, -0.25) is 43.3 Å². The SMILES string of the molecule is CCc1cc(-c2ccc(F)cc2)nn2cc(C(=O)N3CCN(C(=O)C4(O)CCC4)CC3(C)C)nc12.CCc1cc(-c2ccc(F)cc2)nn2cc(C(=O)N3CCN(C(=O)CC4CCOCC4)[C@@H](C)C3)nc12.CCc1cc(-c2ccc(F)cc2)nn2cc(C(=O)N3CCN(C(=O)Cc4ccncc4)[C@@H](C)C3)nc12.CCc1cc(-c2ccc(F)cc2)nn2cc(C(=O)N3CCN(C(=O)[C@H](O)CC(C)(C)C)CC3(C)C)nc12. The number of hydrogen-bond donors (Lipinski definition) is 2. The molecule has 14 heterocycles. The second-order valence-corrected chi connectivity index (χ2v) is 40.6. The van der Waals surface area contributed by atoms with Gasteiger partial charge in [-0.05, 0) is 278 Å². The number of rotatable bonds is 19. The molecular weight excluding hydrogens is 1840 g/mol. The summed E-state index contributed by atoms with van der Waals surface area (Å²) < 4.78 is 65.4. The number of aryl methyl sites for hydroxylation is 4. The number of aromatic nitrogens is 13. The minimum absolute atomic E-state index is 0.0404. The molecule has 36 heteroatoms. The Morgan fingerprint density at radius 2 is 0.778 bits per heavy atom. The number of carbonyl (C=O) groups is 8. The molecule has 6 fully saturated rings. The molecule has 0 radical (unpaired) electrons. The average molecular weight is 1970 g/mol. The quantitative estimate of drug-likeness (QED) is 0.0710. The molecule has 32 nitrogen and oxygen atoms in total. The van der Waals surface area contributed by atoms with Crippen LogP contribution in [0.4, 0.5) is 17.6 Å². The van der Waals surface area contributed by atoms with Gasteiger partial charge in [-0.15, -0.1) is 0 Å². The van der Waals surface area contributed by atoms with Crippen LogP contribution in [-0.2, 0) is 56.0 Å². The number of imidazole rings is 4. The topological polar surface area (TPSA) is 346 Å². The van der Waals surface area contributed by atoms with Gasteiger partial charge in [0.05, 0.1) is 65.1 Å². The first-order valence-electron chi connectivity index (χ1n) is 49.6. The molecule has 13 aromatic rings. The maximum absolute atomic E-state index is 13.6. The van der Waals surface area contributed by atoms with Gasteiger partial charge in [0.15, 0.2) is 22.6 Å². The van der Waals surface area contributed by atoms with Crippen molar-refractivity contribution in [3.63, 3.8) is 0 Å². The zero-order chi connectivity index (χ0) is 103. The summed E-state index contributed by atoms with van der Waals surface area (Å²) in [6.45, 7) is 32.0. The van der Waals surface area contributed by atoms with Crippen LogP contribution in [0.2, 0.25) is 0 Å². The number of nitrogens with zero attached hydrogens (tertiary/aromatic N) is 21. The number of halogens is 4. The van der Waals surface area contributed by atoms with Gasteiger partial charge in [0.2, 0.25) is 11.8 Å². The van der Waals surface area contributed by atoms with Crippen LogP contribution in [0, 0.1) is 34.6 Å². The molecular formula is C108H125F4N21O11. The molecule has 5 aliphatic heterocycles. The lowest BCUT2D eigenvalue weighted by molar-refractivity contribution is -0.164. The number of aliphatic hydroxyl groups excluding tert-OH is 1. The molecule has 0 bridgehead atoms. The van der Waals surface area contributed by atoms with Gasteiger partial charge in [0.25, 0.3) is 35.4 Å². The molecule has 9 aromatic heterocycles. The zero-order valence-corrected chi connectivity index (χ0v) is 83.8. The zero-order valence-electron chi connectivity index (χ0n) is 83.8. The van der Waals surface area contributed by atoms with Crippen LogP contribution in [0.1, 0.15) is 205 Å². The van der Waals surface area contributed by atoms with Gasteiger partial charge in [-0.1, -0.05) is 48.5 Å². The summed E-state index contributed by atoms with van der Waals surface area (Å²) in [5, 5.41) is 39.5. The van der Waals surface area contributed by atoms with E-state index in [0.29, 0.717) is 193 Å². The molecule has 0 unspecified atom stereocenters. The molecule has 0 spiro atoms. The van der Waals surface area contributed by atoms with Gasteiger partial charge < -0.3 is 54.1 Å². The van der Waals surface area contributed by atoms with E-state index in [9.17, 15) is 66.1 Å². The van der Waals surface area contributed by atoms with E-state index in [-0.39, 0.29) is 99.4 Å². The Bertz CT molecular complexity index is 6900. The first-order chi connectivity index (χ1) is 68.7. The first kappa shape index (κ1) is 103. The standard InChI is InChI=1S/C28H36FN5O3.C27H27FN6O2.C27H32FN5O3.C26H30FN5O3/c1-7-18-14-21(19-8-10-20(29)11-9-19)31-34-16-22(30-24(18)34)25(36)33-13-12-32(17-28(33,5)6)26(37)23(35)15-27(2,3)4;1-3-20-15-23(21-4-6-22(28)7-5-21)31-34-17-24(30-26(20)34)27(36)32-12-13-33(18(2)16-32)25(35)14-19-8-10-29-11-9-19;1-3-20-15-23(21-4-6-22(28)7-5-21)30-33-17-24(29-26(20)33)27(35)31-10-11-32(18(2)16-31)25(34)14-19-8-12-36-13-9-19;1-4-17-14-20(18-6-8-19(27)9-7-18)29-32-15-21(28-22(17)32)23(33)31-13-12-30(16-25(31,2)3)24(34)26(35)10-5-11-26/h8-11,14,16,23,35H,7,12-13,15,17H2,1-6H3;4-11,15,17-18H,3,12-14,16H2,1-2H3;4-7,15,17-19H,3,8-14,16H2,1-2H3;6-9,14-15,35H,4-5,10-13,16H2,1-3H3/t23-;2*18-;/m100./s1. The lowest BCUT2D eigenvalue weighted by Crippen LogP contribution is -2.65. The number of benzene rings is 4.